The fourth-order valence-corrected chi connectivity index (χ4v) is 6.24. The lowest BCUT2D eigenvalue weighted by atomic mass is 9.95. The molecule has 0 radical (unpaired) electrons. The highest BCUT2D eigenvalue weighted by Gasteiger charge is 2.35. The SMILES string of the molecule is C#CCCOC(O)N1CCc2c(sc3c2C(c2ccccc2Cl)=NC(CC)c2nnc(C)n2-3)C1. The molecule has 0 saturated heterocycles. The van der Waals surface area contributed by atoms with E-state index in [0.717, 1.165) is 46.3 Å². The third kappa shape index (κ3) is 3.98. The molecule has 2 unspecified atom stereocenters. The Balaban J connectivity index is 1.63. The lowest BCUT2D eigenvalue weighted by Crippen LogP contribution is -2.40. The molecule has 0 aliphatic carbocycles. The van der Waals surface area contributed by atoms with Crippen molar-refractivity contribution in [3.8, 4) is 17.3 Å². The maximum Gasteiger partial charge on any atom is 0.216 e. The van der Waals surface area contributed by atoms with Crippen LogP contribution in [0.25, 0.3) is 5.00 Å². The van der Waals surface area contributed by atoms with Gasteiger partial charge in [-0.2, -0.15) is 0 Å². The number of thiophene rings is 1. The van der Waals surface area contributed by atoms with E-state index < -0.39 is 6.41 Å². The molecule has 2 aromatic heterocycles. The molecule has 1 aromatic carbocycles. The fraction of sp³-hybridized carbons (Fsp3) is 0.400. The number of halogens is 1. The van der Waals surface area contributed by atoms with Gasteiger partial charge in [0, 0.05) is 40.5 Å². The van der Waals surface area contributed by atoms with Crippen LogP contribution in [0.2, 0.25) is 5.02 Å². The Kier molecular flexibility index (Phi) is 6.56. The Morgan fingerprint density at radius 2 is 2.18 bits per heavy atom. The summed E-state index contributed by atoms with van der Waals surface area (Å²) < 4.78 is 7.68. The Labute approximate surface area is 208 Å². The Morgan fingerprint density at radius 3 is 2.94 bits per heavy atom. The first-order chi connectivity index (χ1) is 16.5. The number of rotatable bonds is 6. The van der Waals surface area contributed by atoms with Crippen LogP contribution < -0.4 is 0 Å². The number of fused-ring (bicyclic) bond motifs is 5. The maximum absolute atomic E-state index is 10.5. The molecule has 1 N–H and O–H groups in total. The number of aliphatic imine (C=N–C) groups is 1. The van der Waals surface area contributed by atoms with Gasteiger partial charge in [0.1, 0.15) is 16.9 Å². The molecule has 176 valence electrons. The van der Waals surface area contributed by atoms with Gasteiger partial charge in [0.25, 0.3) is 0 Å². The lowest BCUT2D eigenvalue weighted by Gasteiger charge is -2.31. The molecule has 9 heteroatoms. The molecule has 2 aliphatic heterocycles. The highest BCUT2D eigenvalue weighted by atomic mass is 35.5. The van der Waals surface area contributed by atoms with E-state index in [-0.39, 0.29) is 6.04 Å². The fourth-order valence-electron chi connectivity index (χ4n) is 4.58. The first-order valence-corrected chi connectivity index (χ1v) is 12.6. The summed E-state index contributed by atoms with van der Waals surface area (Å²) in [4.78, 5) is 8.31. The molecule has 2 aliphatic rings. The summed E-state index contributed by atoms with van der Waals surface area (Å²) in [5.41, 5.74) is 4.15. The van der Waals surface area contributed by atoms with Crippen LogP contribution in [0.15, 0.2) is 29.3 Å². The maximum atomic E-state index is 10.5. The average molecular weight is 496 g/mol. The van der Waals surface area contributed by atoms with Crippen molar-refractivity contribution in [2.24, 2.45) is 4.99 Å². The number of hydrogen-bond acceptors (Lipinski definition) is 7. The molecular weight excluding hydrogens is 470 g/mol. The number of terminal acetylenes is 1. The van der Waals surface area contributed by atoms with Gasteiger partial charge >= 0.3 is 0 Å². The summed E-state index contributed by atoms with van der Waals surface area (Å²) >= 11 is 8.37. The minimum atomic E-state index is -0.989. The van der Waals surface area contributed by atoms with Crippen LogP contribution in [-0.2, 0) is 17.7 Å². The number of benzene rings is 1. The zero-order valence-corrected chi connectivity index (χ0v) is 20.7. The minimum Gasteiger partial charge on any atom is -0.356 e. The second kappa shape index (κ2) is 9.61. The van der Waals surface area contributed by atoms with Crippen molar-refractivity contribution >= 4 is 28.6 Å². The van der Waals surface area contributed by atoms with Crippen molar-refractivity contribution in [3.63, 3.8) is 0 Å². The Bertz CT molecular complexity index is 1290. The van der Waals surface area contributed by atoms with Gasteiger partial charge in [0.2, 0.25) is 6.41 Å². The van der Waals surface area contributed by atoms with Crippen LogP contribution in [0.5, 0.6) is 0 Å². The van der Waals surface area contributed by atoms with Crippen LogP contribution in [-0.4, -0.2) is 50.0 Å². The molecule has 3 aromatic rings. The number of hydrogen-bond donors (Lipinski definition) is 1. The largest absolute Gasteiger partial charge is 0.356 e. The molecule has 0 spiro atoms. The lowest BCUT2D eigenvalue weighted by molar-refractivity contribution is -0.196. The van der Waals surface area contributed by atoms with E-state index in [1.54, 1.807) is 11.3 Å². The average Bonchev–Trinajstić information content (AvgIpc) is 3.36. The Hall–Kier alpha value is -2.54. The third-order valence-electron chi connectivity index (χ3n) is 6.28. The van der Waals surface area contributed by atoms with Crippen LogP contribution in [0.3, 0.4) is 0 Å². The predicted octanol–water partition coefficient (Wildman–Crippen LogP) is 4.27. The highest BCUT2D eigenvalue weighted by molar-refractivity contribution is 7.15. The second-order valence-electron chi connectivity index (χ2n) is 8.38. The topological polar surface area (TPSA) is 75.8 Å². The van der Waals surface area contributed by atoms with Crippen LogP contribution in [0.1, 0.15) is 59.0 Å². The molecule has 0 amide bonds. The molecule has 34 heavy (non-hydrogen) atoms. The van der Waals surface area contributed by atoms with E-state index in [2.05, 4.69) is 27.6 Å². The zero-order chi connectivity index (χ0) is 23.8. The number of nitrogens with zero attached hydrogens (tertiary/aromatic N) is 5. The normalized spacial score (nSPS) is 18.3. The van der Waals surface area contributed by atoms with Crippen molar-refractivity contribution in [2.75, 3.05) is 13.2 Å². The molecule has 4 heterocycles. The van der Waals surface area contributed by atoms with Crippen LogP contribution in [0.4, 0.5) is 0 Å². The molecular formula is C25H26ClN5O2S. The van der Waals surface area contributed by atoms with Crippen molar-refractivity contribution < 1.29 is 9.84 Å². The summed E-state index contributed by atoms with van der Waals surface area (Å²) in [6.45, 7) is 5.65. The second-order valence-corrected chi connectivity index (χ2v) is 9.87. The van der Waals surface area contributed by atoms with E-state index in [1.807, 2.05) is 36.1 Å². The van der Waals surface area contributed by atoms with Crippen molar-refractivity contribution in [1.29, 1.82) is 0 Å². The summed E-state index contributed by atoms with van der Waals surface area (Å²) in [6.07, 6.45) is 6.34. The van der Waals surface area contributed by atoms with Gasteiger partial charge in [-0.15, -0.1) is 33.9 Å². The number of aromatic nitrogens is 3. The molecule has 5 rings (SSSR count). The van der Waals surface area contributed by atoms with Gasteiger partial charge in [-0.05, 0) is 31.4 Å². The van der Waals surface area contributed by atoms with Gasteiger partial charge in [-0.25, -0.2) is 4.90 Å². The summed E-state index contributed by atoms with van der Waals surface area (Å²) in [5, 5.41) is 21.2. The summed E-state index contributed by atoms with van der Waals surface area (Å²) in [7, 11) is 0. The van der Waals surface area contributed by atoms with Crippen LogP contribution >= 0.6 is 22.9 Å². The first-order valence-electron chi connectivity index (χ1n) is 11.4. The molecule has 7 nitrogen and oxygen atoms in total. The van der Waals surface area contributed by atoms with E-state index in [9.17, 15) is 5.11 Å². The van der Waals surface area contributed by atoms with E-state index in [1.165, 1.54) is 10.4 Å². The van der Waals surface area contributed by atoms with Crippen molar-refractivity contribution in [2.45, 2.75) is 52.1 Å². The standard InChI is InChI=1S/C25H26ClN5O2S/c1-4-6-13-33-25(32)30-12-11-17-20(14-30)34-24-21(17)22(16-9-7-8-10-18(16)26)27-19(5-2)23-29-28-15(3)31(23)24/h1,7-10,19,25,32H,5-6,11-14H2,2-3H3. The zero-order valence-electron chi connectivity index (χ0n) is 19.2. The first kappa shape index (κ1) is 23.2. The van der Waals surface area contributed by atoms with Crippen molar-refractivity contribution in [3.05, 3.63) is 62.5 Å². The third-order valence-corrected chi connectivity index (χ3v) is 7.81. The van der Waals surface area contributed by atoms with Gasteiger partial charge in [-0.1, -0.05) is 36.7 Å². The number of aliphatic hydroxyl groups is 1. The number of ether oxygens (including phenoxy) is 1. The van der Waals surface area contributed by atoms with Gasteiger partial charge in [0.15, 0.2) is 5.82 Å². The Morgan fingerprint density at radius 1 is 1.35 bits per heavy atom. The van der Waals surface area contributed by atoms with Gasteiger partial charge < -0.3 is 9.84 Å². The number of aryl methyl sites for hydroxylation is 1. The minimum absolute atomic E-state index is 0.116. The molecule has 2 atom stereocenters. The molecule has 0 bridgehead atoms. The monoisotopic (exact) mass is 495 g/mol. The van der Waals surface area contributed by atoms with Crippen molar-refractivity contribution in [1.82, 2.24) is 19.7 Å². The molecule has 0 saturated carbocycles. The van der Waals surface area contributed by atoms with Gasteiger partial charge in [-0.3, -0.25) is 9.56 Å². The highest BCUT2D eigenvalue weighted by Crippen LogP contribution is 2.42. The van der Waals surface area contributed by atoms with Gasteiger partial charge in [0.05, 0.1) is 12.3 Å². The predicted molar refractivity (Wildman–Crippen MR) is 134 cm³/mol. The van der Waals surface area contributed by atoms with E-state index in [0.29, 0.717) is 31.1 Å². The molecule has 0 fully saturated rings. The quantitative estimate of drug-likeness (QED) is 0.314. The van der Waals surface area contributed by atoms with E-state index in [4.69, 9.17) is 27.8 Å². The summed E-state index contributed by atoms with van der Waals surface area (Å²) in [5.74, 6) is 4.21. The van der Waals surface area contributed by atoms with Crippen LogP contribution in [0, 0.1) is 19.3 Å². The number of aliphatic hydroxyl groups excluding tert-OH is 1. The van der Waals surface area contributed by atoms with E-state index >= 15 is 0 Å². The summed E-state index contributed by atoms with van der Waals surface area (Å²) in [6, 6.07) is 7.74. The smallest absolute Gasteiger partial charge is 0.216 e.